The van der Waals surface area contributed by atoms with Gasteiger partial charge in [0, 0.05) is 18.8 Å². The quantitative estimate of drug-likeness (QED) is 0.852. The Labute approximate surface area is 126 Å². The lowest BCUT2D eigenvalue weighted by Gasteiger charge is -2.16. The first kappa shape index (κ1) is 15.6. The van der Waals surface area contributed by atoms with Crippen molar-refractivity contribution in [3.8, 4) is 5.75 Å². The SMILES string of the molecule is CCn1nc(C)cc1CC(CO)Cc1ccccc1OC. The highest BCUT2D eigenvalue weighted by molar-refractivity contribution is 5.33. The van der Waals surface area contributed by atoms with Gasteiger partial charge in [-0.15, -0.1) is 0 Å². The van der Waals surface area contributed by atoms with Crippen LogP contribution in [0.3, 0.4) is 0 Å². The fourth-order valence-corrected chi connectivity index (χ4v) is 2.72. The zero-order valence-corrected chi connectivity index (χ0v) is 13.0. The van der Waals surface area contributed by atoms with Gasteiger partial charge in [-0.3, -0.25) is 4.68 Å². The van der Waals surface area contributed by atoms with Crippen molar-refractivity contribution in [2.45, 2.75) is 33.2 Å². The van der Waals surface area contributed by atoms with E-state index in [9.17, 15) is 5.11 Å². The number of aliphatic hydroxyl groups excluding tert-OH is 1. The minimum Gasteiger partial charge on any atom is -0.496 e. The molecular weight excluding hydrogens is 264 g/mol. The Morgan fingerprint density at radius 3 is 2.71 bits per heavy atom. The highest BCUT2D eigenvalue weighted by Gasteiger charge is 2.15. The largest absolute Gasteiger partial charge is 0.496 e. The van der Waals surface area contributed by atoms with Gasteiger partial charge in [-0.2, -0.15) is 5.10 Å². The van der Waals surface area contributed by atoms with Crippen molar-refractivity contribution in [1.82, 2.24) is 9.78 Å². The average molecular weight is 288 g/mol. The fourth-order valence-electron chi connectivity index (χ4n) is 2.72. The zero-order chi connectivity index (χ0) is 15.2. The van der Waals surface area contributed by atoms with Crippen LogP contribution in [0.4, 0.5) is 0 Å². The normalized spacial score (nSPS) is 12.4. The van der Waals surface area contributed by atoms with Crippen LogP contribution in [0.25, 0.3) is 0 Å². The molecule has 1 aromatic heterocycles. The summed E-state index contributed by atoms with van der Waals surface area (Å²) in [5, 5.41) is 14.2. The van der Waals surface area contributed by atoms with Gasteiger partial charge in [-0.1, -0.05) is 18.2 Å². The first-order valence-electron chi connectivity index (χ1n) is 7.44. The molecular formula is C17H24N2O2. The summed E-state index contributed by atoms with van der Waals surface area (Å²) in [6, 6.07) is 10.1. The Morgan fingerprint density at radius 2 is 2.05 bits per heavy atom. The van der Waals surface area contributed by atoms with Crippen LogP contribution in [-0.2, 0) is 19.4 Å². The van der Waals surface area contributed by atoms with Crippen LogP contribution in [0.2, 0.25) is 0 Å². The van der Waals surface area contributed by atoms with Crippen LogP contribution < -0.4 is 4.74 Å². The topological polar surface area (TPSA) is 47.3 Å². The van der Waals surface area contributed by atoms with Gasteiger partial charge in [0.15, 0.2) is 0 Å². The van der Waals surface area contributed by atoms with Gasteiger partial charge in [0.1, 0.15) is 5.75 Å². The van der Waals surface area contributed by atoms with E-state index < -0.39 is 0 Å². The fraction of sp³-hybridized carbons (Fsp3) is 0.471. The summed E-state index contributed by atoms with van der Waals surface area (Å²) in [5.74, 6) is 1.05. The first-order chi connectivity index (χ1) is 10.2. The number of ether oxygens (including phenoxy) is 1. The van der Waals surface area contributed by atoms with Gasteiger partial charge in [0.2, 0.25) is 0 Å². The molecule has 4 heteroatoms. The number of hydrogen-bond donors (Lipinski definition) is 1. The number of benzene rings is 1. The lowest BCUT2D eigenvalue weighted by atomic mass is 9.95. The van der Waals surface area contributed by atoms with Crippen molar-refractivity contribution in [3.63, 3.8) is 0 Å². The molecule has 1 atom stereocenters. The third-order valence-corrected chi connectivity index (χ3v) is 3.74. The molecule has 0 bridgehead atoms. The molecule has 1 aromatic carbocycles. The molecule has 0 saturated carbocycles. The number of nitrogens with zero attached hydrogens (tertiary/aromatic N) is 2. The maximum absolute atomic E-state index is 9.71. The standard InChI is InChI=1S/C17H24N2O2/c1-4-19-16(9-13(2)18-19)11-14(12-20)10-15-7-5-6-8-17(15)21-3/h5-9,14,20H,4,10-12H2,1-3H3. The van der Waals surface area contributed by atoms with E-state index in [4.69, 9.17) is 4.74 Å². The van der Waals surface area contributed by atoms with Crippen LogP contribution in [-0.4, -0.2) is 28.6 Å². The molecule has 1 heterocycles. The number of rotatable bonds is 7. The zero-order valence-electron chi connectivity index (χ0n) is 13.0. The number of hydrogen-bond acceptors (Lipinski definition) is 3. The van der Waals surface area contributed by atoms with E-state index in [1.165, 1.54) is 5.69 Å². The highest BCUT2D eigenvalue weighted by Crippen LogP contribution is 2.23. The van der Waals surface area contributed by atoms with Crippen molar-refractivity contribution >= 4 is 0 Å². The molecule has 2 aromatic rings. The summed E-state index contributed by atoms with van der Waals surface area (Å²) in [6.07, 6.45) is 1.62. The van der Waals surface area contributed by atoms with Gasteiger partial charge in [0.05, 0.1) is 12.8 Å². The van der Waals surface area contributed by atoms with E-state index in [1.807, 2.05) is 29.8 Å². The molecule has 4 nitrogen and oxygen atoms in total. The van der Waals surface area contributed by atoms with Crippen LogP contribution in [0.5, 0.6) is 5.75 Å². The van der Waals surface area contributed by atoms with Crippen LogP contribution in [0.15, 0.2) is 30.3 Å². The number of methoxy groups -OCH3 is 1. The van der Waals surface area contributed by atoms with Gasteiger partial charge < -0.3 is 9.84 Å². The summed E-state index contributed by atoms with van der Waals surface area (Å²) < 4.78 is 7.40. The molecule has 0 fully saturated rings. The summed E-state index contributed by atoms with van der Waals surface area (Å²) in [4.78, 5) is 0. The molecule has 2 rings (SSSR count). The number of aromatic nitrogens is 2. The maximum atomic E-state index is 9.71. The van der Waals surface area contributed by atoms with Crippen molar-refractivity contribution < 1.29 is 9.84 Å². The lowest BCUT2D eigenvalue weighted by Crippen LogP contribution is -2.16. The van der Waals surface area contributed by atoms with Crippen molar-refractivity contribution in [2.75, 3.05) is 13.7 Å². The Bertz CT molecular complexity index is 578. The number of aryl methyl sites for hydroxylation is 2. The smallest absolute Gasteiger partial charge is 0.122 e. The van der Waals surface area contributed by atoms with Crippen molar-refractivity contribution in [1.29, 1.82) is 0 Å². The molecule has 1 unspecified atom stereocenters. The third-order valence-electron chi connectivity index (χ3n) is 3.74. The molecule has 0 aliphatic heterocycles. The molecule has 1 N–H and O–H groups in total. The second kappa shape index (κ2) is 7.27. The van der Waals surface area contributed by atoms with Crippen molar-refractivity contribution in [3.05, 3.63) is 47.3 Å². The Morgan fingerprint density at radius 1 is 1.29 bits per heavy atom. The van der Waals surface area contributed by atoms with Crippen LogP contribution in [0.1, 0.15) is 23.9 Å². The second-order valence-corrected chi connectivity index (χ2v) is 5.36. The van der Waals surface area contributed by atoms with Crippen molar-refractivity contribution in [2.24, 2.45) is 5.92 Å². The summed E-state index contributed by atoms with van der Waals surface area (Å²) in [5.41, 5.74) is 3.35. The molecule has 0 radical (unpaired) electrons. The highest BCUT2D eigenvalue weighted by atomic mass is 16.5. The van der Waals surface area contributed by atoms with Gasteiger partial charge >= 0.3 is 0 Å². The molecule has 0 aliphatic carbocycles. The molecule has 114 valence electrons. The van der Waals surface area contributed by atoms with Gasteiger partial charge in [-0.25, -0.2) is 0 Å². The minimum absolute atomic E-state index is 0.159. The lowest BCUT2D eigenvalue weighted by molar-refractivity contribution is 0.222. The monoisotopic (exact) mass is 288 g/mol. The first-order valence-corrected chi connectivity index (χ1v) is 7.44. The number of aliphatic hydroxyl groups is 1. The molecule has 0 spiro atoms. The van der Waals surface area contributed by atoms with E-state index >= 15 is 0 Å². The summed E-state index contributed by atoms with van der Waals surface area (Å²) >= 11 is 0. The Kier molecular flexibility index (Phi) is 5.39. The van der Waals surface area contributed by atoms with E-state index in [1.54, 1.807) is 7.11 Å². The summed E-state index contributed by atoms with van der Waals surface area (Å²) in [7, 11) is 1.68. The maximum Gasteiger partial charge on any atom is 0.122 e. The Balaban J connectivity index is 2.13. The van der Waals surface area contributed by atoms with E-state index in [0.29, 0.717) is 0 Å². The van der Waals surface area contributed by atoms with E-state index in [-0.39, 0.29) is 12.5 Å². The third kappa shape index (κ3) is 3.85. The predicted molar refractivity (Wildman–Crippen MR) is 83.6 cm³/mol. The predicted octanol–water partition coefficient (Wildman–Crippen LogP) is 2.61. The second-order valence-electron chi connectivity index (χ2n) is 5.36. The average Bonchev–Trinajstić information content (AvgIpc) is 2.86. The number of para-hydroxylation sites is 1. The molecule has 21 heavy (non-hydrogen) atoms. The molecule has 0 aliphatic rings. The Hall–Kier alpha value is -1.81. The van der Waals surface area contributed by atoms with Gasteiger partial charge in [-0.05, 0) is 50.3 Å². The van der Waals surface area contributed by atoms with E-state index in [2.05, 4.69) is 24.2 Å². The molecule has 0 amide bonds. The molecule has 0 saturated heterocycles. The summed E-state index contributed by atoms with van der Waals surface area (Å²) in [6.45, 7) is 5.11. The van der Waals surface area contributed by atoms with Crippen LogP contribution >= 0.6 is 0 Å². The van der Waals surface area contributed by atoms with Gasteiger partial charge in [0.25, 0.3) is 0 Å². The minimum atomic E-state index is 0.159. The van der Waals surface area contributed by atoms with E-state index in [0.717, 1.165) is 36.4 Å². The van der Waals surface area contributed by atoms with Crippen LogP contribution in [0, 0.1) is 12.8 Å².